The van der Waals surface area contributed by atoms with Crippen molar-refractivity contribution < 1.29 is 32.5 Å². The van der Waals surface area contributed by atoms with Crippen LogP contribution in [-0.4, -0.2) is 38.8 Å². The van der Waals surface area contributed by atoms with Gasteiger partial charge in [0.15, 0.2) is 16.6 Å². The lowest BCUT2D eigenvalue weighted by atomic mass is 10.2. The van der Waals surface area contributed by atoms with Crippen LogP contribution in [0.1, 0.15) is 17.7 Å². The van der Waals surface area contributed by atoms with Gasteiger partial charge < -0.3 is 5.11 Å². The van der Waals surface area contributed by atoms with E-state index in [1.165, 1.54) is 0 Å². The lowest BCUT2D eigenvalue weighted by molar-refractivity contribution is -0.139. The summed E-state index contributed by atoms with van der Waals surface area (Å²) in [5.41, 5.74) is -0.0809. The number of aliphatic imine (C=N–C) groups is 1. The molecule has 0 unspecified atom stereocenters. The molecule has 2 aromatic rings. The highest BCUT2D eigenvalue weighted by Crippen LogP contribution is 2.34. The summed E-state index contributed by atoms with van der Waals surface area (Å²) in [6.45, 7) is -0.0391. The molecule has 0 fully saturated rings. The Hall–Kier alpha value is -2.18. The first-order chi connectivity index (χ1) is 11.9. The predicted octanol–water partition coefficient (Wildman–Crippen LogP) is 2.76. The van der Waals surface area contributed by atoms with Gasteiger partial charge in [-0.2, -0.15) is 13.2 Å². The number of hydroxylamine groups is 1. The van der Waals surface area contributed by atoms with E-state index < -0.39 is 17.6 Å². The van der Waals surface area contributed by atoms with Gasteiger partial charge in [0.05, 0.1) is 11.3 Å². The van der Waals surface area contributed by atoms with E-state index in [-0.39, 0.29) is 28.8 Å². The predicted molar refractivity (Wildman–Crippen MR) is 79.2 cm³/mol. The van der Waals surface area contributed by atoms with Crippen molar-refractivity contribution in [1.29, 1.82) is 0 Å². The fourth-order valence-corrected chi connectivity index (χ4v) is 2.54. The molecule has 0 saturated heterocycles. The Morgan fingerprint density at radius 1 is 1.32 bits per heavy atom. The quantitative estimate of drug-likeness (QED) is 0.177. The Labute approximate surface area is 142 Å². The zero-order valence-corrected chi connectivity index (χ0v) is 13.2. The van der Waals surface area contributed by atoms with Gasteiger partial charge in [0.2, 0.25) is 0 Å². The molecule has 3 N–H and O–H groups in total. The van der Waals surface area contributed by atoms with Crippen LogP contribution in [0.3, 0.4) is 0 Å². The summed E-state index contributed by atoms with van der Waals surface area (Å²) in [6, 6.07) is 2.13. The van der Waals surface area contributed by atoms with Gasteiger partial charge in [-0.15, -0.1) is 11.8 Å². The van der Waals surface area contributed by atoms with Crippen molar-refractivity contribution in [1.82, 2.24) is 15.8 Å². The minimum Gasteiger partial charge on any atom is -0.396 e. The molecule has 0 amide bonds. The van der Waals surface area contributed by atoms with Gasteiger partial charge in [0.1, 0.15) is 5.82 Å². The number of amidine groups is 1. The number of hydrogen-bond donors (Lipinski definition) is 3. The third kappa shape index (κ3) is 4.90. The van der Waals surface area contributed by atoms with E-state index >= 15 is 0 Å². The van der Waals surface area contributed by atoms with Crippen LogP contribution in [0.25, 0.3) is 0 Å². The van der Waals surface area contributed by atoms with Crippen molar-refractivity contribution in [2.45, 2.75) is 17.6 Å². The van der Waals surface area contributed by atoms with Crippen molar-refractivity contribution in [3.05, 3.63) is 35.3 Å². The minimum atomic E-state index is -4.89. The van der Waals surface area contributed by atoms with E-state index in [1.54, 1.807) is 5.48 Å². The zero-order valence-electron chi connectivity index (χ0n) is 12.4. The molecule has 0 aliphatic heterocycles. The molecule has 1 heterocycles. The Kier molecular flexibility index (Phi) is 6.33. The number of aliphatic hydroxyl groups excluding tert-OH is 1. The molecule has 2 rings (SSSR count). The van der Waals surface area contributed by atoms with E-state index in [4.69, 9.17) is 5.11 Å². The summed E-state index contributed by atoms with van der Waals surface area (Å²) in [6.07, 6.45) is -4.42. The Morgan fingerprint density at radius 2 is 2.08 bits per heavy atom. The molecular formula is C13H12F4N4O3S. The molecular weight excluding hydrogens is 368 g/mol. The molecule has 0 spiro atoms. The molecule has 0 atom stereocenters. The molecule has 0 radical (unpaired) electrons. The molecule has 25 heavy (non-hydrogen) atoms. The van der Waals surface area contributed by atoms with Gasteiger partial charge in [0.25, 0.3) is 0 Å². The van der Waals surface area contributed by atoms with E-state index in [0.717, 1.165) is 17.8 Å². The van der Waals surface area contributed by atoms with Crippen LogP contribution in [0.5, 0.6) is 0 Å². The number of rotatable bonds is 6. The smallest absolute Gasteiger partial charge is 0.396 e. The van der Waals surface area contributed by atoms with Gasteiger partial charge in [-0.1, -0.05) is 0 Å². The van der Waals surface area contributed by atoms with Crippen LogP contribution in [-0.2, 0) is 6.18 Å². The van der Waals surface area contributed by atoms with Crippen molar-refractivity contribution in [2.75, 3.05) is 12.4 Å². The van der Waals surface area contributed by atoms with Crippen LogP contribution < -0.4 is 5.48 Å². The Bertz CT molecular complexity index is 751. The largest absolute Gasteiger partial charge is 0.419 e. The second-order valence-electron chi connectivity index (χ2n) is 4.58. The topological polar surface area (TPSA) is 104 Å². The summed E-state index contributed by atoms with van der Waals surface area (Å²) in [5.74, 6) is -1.30. The van der Waals surface area contributed by atoms with E-state index in [0.29, 0.717) is 24.3 Å². The van der Waals surface area contributed by atoms with Crippen molar-refractivity contribution >= 4 is 23.3 Å². The van der Waals surface area contributed by atoms with Crippen LogP contribution in [0, 0.1) is 5.82 Å². The number of benzene rings is 1. The maximum atomic E-state index is 13.3. The zero-order chi connectivity index (χ0) is 18.4. The molecule has 0 aliphatic rings. The van der Waals surface area contributed by atoms with Crippen molar-refractivity contribution in [3.63, 3.8) is 0 Å². The van der Waals surface area contributed by atoms with Crippen LogP contribution in [0.2, 0.25) is 0 Å². The van der Waals surface area contributed by atoms with E-state index in [9.17, 15) is 22.8 Å². The van der Waals surface area contributed by atoms with Crippen LogP contribution in [0.15, 0.2) is 32.8 Å². The number of alkyl halides is 3. The highest BCUT2D eigenvalue weighted by atomic mass is 32.2. The fourth-order valence-electron chi connectivity index (χ4n) is 1.71. The molecule has 12 heteroatoms. The number of nitrogens with zero attached hydrogens (tertiary/aromatic N) is 3. The molecule has 7 nitrogen and oxygen atoms in total. The number of thioether (sulfide) groups is 1. The lowest BCUT2D eigenvalue weighted by Gasteiger charge is -2.09. The highest BCUT2D eigenvalue weighted by Gasteiger charge is 2.34. The number of aliphatic hydroxyl groups is 1. The van der Waals surface area contributed by atoms with Crippen molar-refractivity contribution in [3.8, 4) is 0 Å². The first-order valence-corrected chi connectivity index (χ1v) is 7.77. The normalized spacial score (nSPS) is 12.5. The molecule has 136 valence electrons. The Balaban J connectivity index is 2.34. The molecule has 0 bridgehead atoms. The monoisotopic (exact) mass is 380 g/mol. The maximum absolute atomic E-state index is 13.3. The fraction of sp³-hybridized carbons (Fsp3) is 0.308. The van der Waals surface area contributed by atoms with Crippen molar-refractivity contribution in [2.24, 2.45) is 4.99 Å². The third-order valence-electron chi connectivity index (χ3n) is 2.83. The standard InChI is InChI=1S/C13H12F4N4O3S/c14-9-3-2-7(6-8(9)13(15,16)17)18-11(19-23)10-12(21-24-20-10)25-5-1-4-22/h2-3,6,22-23H,1,4-5H2,(H,18,19). The summed E-state index contributed by atoms with van der Waals surface area (Å²) in [4.78, 5) is 3.79. The highest BCUT2D eigenvalue weighted by molar-refractivity contribution is 7.99. The summed E-state index contributed by atoms with van der Waals surface area (Å²) in [5, 5.41) is 25.3. The number of hydrogen-bond acceptors (Lipinski definition) is 7. The molecule has 1 aromatic heterocycles. The lowest BCUT2D eigenvalue weighted by Crippen LogP contribution is -2.21. The van der Waals surface area contributed by atoms with Crippen LogP contribution in [0.4, 0.5) is 23.2 Å². The van der Waals surface area contributed by atoms with Gasteiger partial charge in [-0.05, 0) is 34.9 Å². The SMILES string of the molecule is OCCCSc1nonc1C(=Nc1ccc(F)c(C(F)(F)F)c1)NO. The molecule has 0 saturated carbocycles. The maximum Gasteiger partial charge on any atom is 0.419 e. The second kappa shape index (κ2) is 8.27. The second-order valence-corrected chi connectivity index (χ2v) is 5.66. The number of aromatic nitrogens is 2. The molecule has 1 aromatic carbocycles. The van der Waals surface area contributed by atoms with Crippen LogP contribution >= 0.6 is 11.8 Å². The summed E-state index contributed by atoms with van der Waals surface area (Å²) < 4.78 is 56.1. The summed E-state index contributed by atoms with van der Waals surface area (Å²) >= 11 is 1.14. The first kappa shape index (κ1) is 19.1. The van der Waals surface area contributed by atoms with Gasteiger partial charge in [-0.3, -0.25) is 10.7 Å². The van der Waals surface area contributed by atoms with E-state index in [1.807, 2.05) is 0 Å². The Morgan fingerprint density at radius 3 is 2.72 bits per heavy atom. The average Bonchev–Trinajstić information content (AvgIpc) is 3.01. The number of halogens is 4. The number of nitrogens with one attached hydrogen (secondary N) is 1. The first-order valence-electron chi connectivity index (χ1n) is 6.79. The third-order valence-corrected chi connectivity index (χ3v) is 3.86. The van der Waals surface area contributed by atoms with Gasteiger partial charge in [-0.25, -0.2) is 14.0 Å². The minimum absolute atomic E-state index is 0.0386. The average molecular weight is 380 g/mol. The summed E-state index contributed by atoms with van der Waals surface area (Å²) in [7, 11) is 0. The molecule has 0 aliphatic carbocycles. The van der Waals surface area contributed by atoms with Gasteiger partial charge in [0, 0.05) is 12.4 Å². The van der Waals surface area contributed by atoms with Gasteiger partial charge >= 0.3 is 6.18 Å². The van der Waals surface area contributed by atoms with E-state index in [2.05, 4.69) is 19.9 Å².